The minimum absolute atomic E-state index is 0.280. The van der Waals surface area contributed by atoms with Gasteiger partial charge in [0.15, 0.2) is 0 Å². The molecule has 0 saturated heterocycles. The fraction of sp³-hybridized carbons (Fsp3) is 0.105. The number of aromatic nitrogens is 3. The third-order valence-electron chi connectivity index (χ3n) is 3.08. The van der Waals surface area contributed by atoms with Gasteiger partial charge in [0.25, 0.3) is 0 Å². The van der Waals surface area contributed by atoms with Crippen molar-refractivity contribution in [3.8, 4) is 23.8 Å². The van der Waals surface area contributed by atoms with Crippen molar-refractivity contribution in [3.63, 3.8) is 0 Å². The molecule has 7 heteroatoms. The average Bonchev–Trinajstić information content (AvgIpc) is 2.63. The summed E-state index contributed by atoms with van der Waals surface area (Å²) in [6.45, 7) is 3.67. The Morgan fingerprint density at radius 1 is 0.923 bits per heavy atom. The minimum atomic E-state index is 0.280. The Labute approximate surface area is 156 Å². The Hall–Kier alpha value is -3.48. The van der Waals surface area contributed by atoms with Crippen molar-refractivity contribution < 1.29 is 4.74 Å². The van der Waals surface area contributed by atoms with E-state index >= 15 is 0 Å². The van der Waals surface area contributed by atoms with E-state index in [0.717, 1.165) is 11.4 Å². The molecule has 0 amide bonds. The molecule has 0 bridgehead atoms. The zero-order valence-corrected chi connectivity index (χ0v) is 14.9. The van der Waals surface area contributed by atoms with E-state index in [9.17, 15) is 0 Å². The lowest BCUT2D eigenvalue weighted by Gasteiger charge is -2.05. The largest absolute Gasteiger partial charge is 0.436 e. The van der Waals surface area contributed by atoms with E-state index in [4.69, 9.17) is 26.9 Å². The van der Waals surface area contributed by atoms with Crippen molar-refractivity contribution in [2.24, 2.45) is 0 Å². The summed E-state index contributed by atoms with van der Waals surface area (Å²) in [5.41, 5.74) is 2.46. The van der Waals surface area contributed by atoms with Crippen LogP contribution in [0.2, 0.25) is 5.15 Å². The van der Waals surface area contributed by atoms with Crippen LogP contribution in [-0.4, -0.2) is 15.0 Å². The number of ether oxygens (including phenoxy) is 1. The molecule has 0 saturated carbocycles. The van der Waals surface area contributed by atoms with E-state index in [2.05, 4.69) is 15.0 Å². The maximum atomic E-state index is 8.90. The lowest BCUT2D eigenvalue weighted by Crippen LogP contribution is -1.93. The van der Waals surface area contributed by atoms with Crippen LogP contribution in [0.4, 0.5) is 0 Å². The van der Waals surface area contributed by atoms with Crippen molar-refractivity contribution in [2.75, 3.05) is 0 Å². The predicted molar refractivity (Wildman–Crippen MR) is 96.7 cm³/mol. The first-order chi connectivity index (χ1) is 12.5. The molecule has 3 aromatic rings. The van der Waals surface area contributed by atoms with Gasteiger partial charge in [-0.15, -0.1) is 0 Å². The quantitative estimate of drug-likeness (QED) is 0.627. The third-order valence-corrected chi connectivity index (χ3v) is 3.37. The molecule has 0 aliphatic heterocycles. The average molecular weight is 364 g/mol. The molecular weight excluding hydrogens is 350 g/mol. The monoisotopic (exact) mass is 363 g/mol. The second kappa shape index (κ2) is 9.12. The van der Waals surface area contributed by atoms with E-state index in [1.807, 2.05) is 26.0 Å². The highest BCUT2D eigenvalue weighted by atomic mass is 35.5. The predicted octanol–water partition coefficient (Wildman–Crippen LogP) is 4.36. The summed E-state index contributed by atoms with van der Waals surface area (Å²) in [7, 11) is 0. The molecule has 3 heterocycles. The van der Waals surface area contributed by atoms with E-state index in [1.165, 1.54) is 0 Å². The summed E-state index contributed by atoms with van der Waals surface area (Å²) in [4.78, 5) is 12.0. The third kappa shape index (κ3) is 5.27. The molecule has 0 unspecified atom stereocenters. The first-order valence-electron chi connectivity index (χ1n) is 7.52. The van der Waals surface area contributed by atoms with Crippen molar-refractivity contribution in [1.29, 1.82) is 10.5 Å². The topological polar surface area (TPSA) is 95.5 Å². The van der Waals surface area contributed by atoms with Crippen LogP contribution in [0, 0.1) is 36.5 Å². The summed E-state index contributed by atoms with van der Waals surface area (Å²) in [5.74, 6) is 0.882. The molecule has 0 radical (unpaired) electrons. The van der Waals surface area contributed by atoms with Crippen molar-refractivity contribution in [1.82, 2.24) is 15.0 Å². The summed E-state index contributed by atoms with van der Waals surface area (Å²) in [6.07, 6.45) is 3.23. The normalized spacial score (nSPS) is 9.27. The fourth-order valence-electron chi connectivity index (χ4n) is 1.82. The van der Waals surface area contributed by atoms with Gasteiger partial charge in [0.1, 0.15) is 28.6 Å². The van der Waals surface area contributed by atoms with Crippen LogP contribution in [0.3, 0.4) is 0 Å². The van der Waals surface area contributed by atoms with Crippen LogP contribution in [0.1, 0.15) is 22.5 Å². The first kappa shape index (κ1) is 18.9. The van der Waals surface area contributed by atoms with E-state index in [-0.39, 0.29) is 5.15 Å². The van der Waals surface area contributed by atoms with Gasteiger partial charge in [-0.25, -0.2) is 9.97 Å². The molecule has 0 aliphatic rings. The molecule has 0 atom stereocenters. The smallest absolute Gasteiger partial charge is 0.237 e. The Morgan fingerprint density at radius 2 is 1.58 bits per heavy atom. The Kier molecular flexibility index (Phi) is 6.61. The number of hydrogen-bond donors (Lipinski definition) is 0. The number of hydrogen-bond acceptors (Lipinski definition) is 6. The number of nitriles is 2. The van der Waals surface area contributed by atoms with Crippen LogP contribution in [0.15, 0.2) is 48.8 Å². The van der Waals surface area contributed by atoms with Gasteiger partial charge in [-0.05, 0) is 50.2 Å². The van der Waals surface area contributed by atoms with Crippen molar-refractivity contribution in [3.05, 3.63) is 76.5 Å². The number of rotatable bonds is 2. The number of halogens is 1. The second-order valence-corrected chi connectivity index (χ2v) is 5.47. The highest BCUT2D eigenvalue weighted by molar-refractivity contribution is 6.30. The highest BCUT2D eigenvalue weighted by Gasteiger charge is 2.06. The number of pyridine rings is 3. The summed E-state index contributed by atoms with van der Waals surface area (Å²) in [6, 6.07) is 14.4. The molecule has 0 aliphatic carbocycles. The van der Waals surface area contributed by atoms with Gasteiger partial charge in [0.2, 0.25) is 5.88 Å². The lowest BCUT2D eigenvalue weighted by atomic mass is 10.2. The van der Waals surface area contributed by atoms with Gasteiger partial charge in [-0.2, -0.15) is 10.5 Å². The van der Waals surface area contributed by atoms with Gasteiger partial charge in [0.05, 0.1) is 11.8 Å². The van der Waals surface area contributed by atoms with Gasteiger partial charge in [-0.1, -0.05) is 11.6 Å². The minimum Gasteiger partial charge on any atom is -0.436 e. The Morgan fingerprint density at radius 3 is 2.15 bits per heavy atom. The molecule has 0 aromatic carbocycles. The molecule has 0 N–H and O–H groups in total. The van der Waals surface area contributed by atoms with Gasteiger partial charge in [-0.3, -0.25) is 4.98 Å². The van der Waals surface area contributed by atoms with E-state index in [1.54, 1.807) is 48.8 Å². The van der Waals surface area contributed by atoms with Crippen LogP contribution >= 0.6 is 11.6 Å². The SMILES string of the molecule is Cc1ccc(C#N)c(Cl)n1.Cc1ccc(C#N)c(Oc2cccnc2)n1. The van der Waals surface area contributed by atoms with Crippen LogP contribution in [0.25, 0.3) is 0 Å². The molecular formula is C19H14ClN5O. The molecule has 6 nitrogen and oxygen atoms in total. The van der Waals surface area contributed by atoms with Crippen LogP contribution in [-0.2, 0) is 0 Å². The lowest BCUT2D eigenvalue weighted by molar-refractivity contribution is 0.458. The molecule has 26 heavy (non-hydrogen) atoms. The van der Waals surface area contributed by atoms with Gasteiger partial charge in [0, 0.05) is 17.6 Å². The van der Waals surface area contributed by atoms with Crippen LogP contribution in [0.5, 0.6) is 11.6 Å². The van der Waals surface area contributed by atoms with E-state index in [0.29, 0.717) is 22.8 Å². The van der Waals surface area contributed by atoms with Crippen molar-refractivity contribution in [2.45, 2.75) is 13.8 Å². The summed E-state index contributed by atoms with van der Waals surface area (Å²) in [5, 5.41) is 17.6. The molecule has 0 fully saturated rings. The first-order valence-corrected chi connectivity index (χ1v) is 7.90. The highest BCUT2D eigenvalue weighted by Crippen LogP contribution is 2.22. The second-order valence-electron chi connectivity index (χ2n) is 5.11. The number of nitrogens with zero attached hydrogens (tertiary/aromatic N) is 5. The van der Waals surface area contributed by atoms with Crippen molar-refractivity contribution >= 4 is 11.6 Å². The molecule has 3 aromatic heterocycles. The summed E-state index contributed by atoms with van der Waals surface area (Å²) >= 11 is 5.60. The van der Waals surface area contributed by atoms with Gasteiger partial charge >= 0.3 is 0 Å². The van der Waals surface area contributed by atoms with Gasteiger partial charge < -0.3 is 4.74 Å². The Balaban J connectivity index is 0.000000209. The zero-order chi connectivity index (χ0) is 18.9. The zero-order valence-electron chi connectivity index (χ0n) is 14.1. The number of aryl methyl sites for hydroxylation is 2. The molecule has 128 valence electrons. The molecule has 0 spiro atoms. The fourth-order valence-corrected chi connectivity index (χ4v) is 2.06. The summed E-state index contributed by atoms with van der Waals surface area (Å²) < 4.78 is 5.49. The standard InChI is InChI=1S/C12H9N3O.C7H5ClN2/c1-9-4-5-10(7-13)12(15-9)16-11-3-2-6-14-8-11;1-5-2-3-6(4-9)7(8)10-5/h2-6,8H,1H3;2-3H,1H3. The maximum absolute atomic E-state index is 8.90. The van der Waals surface area contributed by atoms with Crippen LogP contribution < -0.4 is 4.74 Å². The van der Waals surface area contributed by atoms with E-state index < -0.39 is 0 Å². The maximum Gasteiger partial charge on any atom is 0.237 e. The molecule has 3 rings (SSSR count). The Bertz CT molecular complexity index is 977.